The molecule has 0 unspecified atom stereocenters. The fraction of sp³-hybridized carbons (Fsp3) is 0.458. The van der Waals surface area contributed by atoms with Crippen LogP contribution < -0.4 is 10.2 Å². The topological polar surface area (TPSA) is 35.6 Å². The number of piperazine rings is 1. The van der Waals surface area contributed by atoms with Crippen molar-refractivity contribution in [3.8, 4) is 0 Å². The summed E-state index contributed by atoms with van der Waals surface area (Å²) in [6, 6.07) is 15.1. The van der Waals surface area contributed by atoms with Crippen LogP contribution in [0.4, 0.5) is 10.1 Å². The average Bonchev–Trinajstić information content (AvgIpc) is 2.70. The number of hydrogen-bond acceptors (Lipinski definition) is 3. The molecule has 1 N–H and O–H groups in total. The molecule has 0 saturated carbocycles. The largest absolute Gasteiger partial charge is 0.369 e. The Hall–Kier alpha value is -2.40. The summed E-state index contributed by atoms with van der Waals surface area (Å²) in [6.07, 6.45) is 1.50. The molecule has 1 saturated heterocycles. The summed E-state index contributed by atoms with van der Waals surface area (Å²) in [4.78, 5) is 16.9. The molecule has 2 aromatic rings. The van der Waals surface area contributed by atoms with Gasteiger partial charge in [0.25, 0.3) is 0 Å². The molecule has 1 amide bonds. The van der Waals surface area contributed by atoms with Crippen molar-refractivity contribution in [2.24, 2.45) is 5.92 Å². The van der Waals surface area contributed by atoms with Gasteiger partial charge in [0.1, 0.15) is 5.82 Å². The minimum Gasteiger partial charge on any atom is -0.369 e. The van der Waals surface area contributed by atoms with Crippen molar-refractivity contribution in [1.29, 1.82) is 0 Å². The zero-order chi connectivity index (χ0) is 20.6. The molecule has 1 fully saturated rings. The maximum absolute atomic E-state index is 13.1. The summed E-state index contributed by atoms with van der Waals surface area (Å²) in [5, 5.41) is 3.04. The first-order valence-electron chi connectivity index (χ1n) is 10.6. The Bertz CT molecular complexity index is 766. The standard InChI is InChI=1S/C24H32FN3O/c1-19(2)17-20-3-5-21(6-4-20)18-24(29)26-11-12-27-13-15-28(16-14-27)23-9-7-22(25)8-10-23/h3-10,19H,11-18H2,1-2H3,(H,26,29). The normalized spacial score (nSPS) is 15.0. The molecule has 3 rings (SSSR count). The highest BCUT2D eigenvalue weighted by atomic mass is 19.1. The van der Waals surface area contributed by atoms with Gasteiger partial charge in [0, 0.05) is 45.0 Å². The summed E-state index contributed by atoms with van der Waals surface area (Å²) in [5.41, 5.74) is 3.45. The number of carbonyl (C=O) groups is 1. The molecule has 29 heavy (non-hydrogen) atoms. The Kier molecular flexibility index (Phi) is 7.64. The molecule has 4 nitrogen and oxygen atoms in total. The Morgan fingerprint density at radius 2 is 1.59 bits per heavy atom. The summed E-state index contributed by atoms with van der Waals surface area (Å²) in [6.45, 7) is 9.69. The molecular weight excluding hydrogens is 365 g/mol. The Morgan fingerprint density at radius 3 is 2.21 bits per heavy atom. The third-order valence-electron chi connectivity index (χ3n) is 5.35. The van der Waals surface area contributed by atoms with Gasteiger partial charge in [-0.05, 0) is 47.7 Å². The lowest BCUT2D eigenvalue weighted by Gasteiger charge is -2.36. The molecular formula is C24H32FN3O. The second-order valence-electron chi connectivity index (χ2n) is 8.25. The molecule has 0 aliphatic carbocycles. The monoisotopic (exact) mass is 397 g/mol. The summed E-state index contributed by atoms with van der Waals surface area (Å²) >= 11 is 0. The van der Waals surface area contributed by atoms with Crippen LogP contribution >= 0.6 is 0 Å². The first kappa shape index (κ1) is 21.3. The number of hydrogen-bond donors (Lipinski definition) is 1. The lowest BCUT2D eigenvalue weighted by Crippen LogP contribution is -2.48. The van der Waals surface area contributed by atoms with E-state index in [1.807, 2.05) is 12.1 Å². The molecule has 0 radical (unpaired) electrons. The first-order valence-corrected chi connectivity index (χ1v) is 10.6. The number of carbonyl (C=O) groups excluding carboxylic acids is 1. The van der Waals surface area contributed by atoms with Crippen molar-refractivity contribution in [2.45, 2.75) is 26.7 Å². The van der Waals surface area contributed by atoms with E-state index >= 15 is 0 Å². The van der Waals surface area contributed by atoms with E-state index in [1.165, 1.54) is 17.7 Å². The van der Waals surface area contributed by atoms with E-state index in [1.54, 1.807) is 0 Å². The van der Waals surface area contributed by atoms with Crippen molar-refractivity contribution in [3.05, 3.63) is 65.5 Å². The number of amides is 1. The highest BCUT2D eigenvalue weighted by Crippen LogP contribution is 2.16. The van der Waals surface area contributed by atoms with E-state index in [2.05, 4.69) is 53.2 Å². The van der Waals surface area contributed by atoms with E-state index in [-0.39, 0.29) is 11.7 Å². The van der Waals surface area contributed by atoms with Gasteiger partial charge in [0.15, 0.2) is 0 Å². The third kappa shape index (κ3) is 6.86. The Labute approximate surface area is 173 Å². The van der Waals surface area contributed by atoms with E-state index in [0.717, 1.165) is 50.4 Å². The summed E-state index contributed by atoms with van der Waals surface area (Å²) < 4.78 is 13.1. The van der Waals surface area contributed by atoms with Gasteiger partial charge >= 0.3 is 0 Å². The fourth-order valence-corrected chi connectivity index (χ4v) is 3.75. The number of halogens is 1. The van der Waals surface area contributed by atoms with Crippen molar-refractivity contribution < 1.29 is 9.18 Å². The highest BCUT2D eigenvalue weighted by Gasteiger charge is 2.17. The molecule has 5 heteroatoms. The van der Waals surface area contributed by atoms with E-state index in [9.17, 15) is 9.18 Å². The predicted molar refractivity (Wildman–Crippen MR) is 117 cm³/mol. The van der Waals surface area contributed by atoms with Crippen molar-refractivity contribution >= 4 is 11.6 Å². The van der Waals surface area contributed by atoms with E-state index in [0.29, 0.717) is 18.9 Å². The fourth-order valence-electron chi connectivity index (χ4n) is 3.75. The van der Waals surface area contributed by atoms with Crippen LogP contribution in [0.25, 0.3) is 0 Å². The van der Waals surface area contributed by atoms with Crippen LogP contribution in [0.3, 0.4) is 0 Å². The van der Waals surface area contributed by atoms with Crippen LogP contribution in [0, 0.1) is 11.7 Å². The highest BCUT2D eigenvalue weighted by molar-refractivity contribution is 5.78. The van der Waals surface area contributed by atoms with Crippen LogP contribution in [0.1, 0.15) is 25.0 Å². The molecule has 0 spiro atoms. The number of anilines is 1. The van der Waals surface area contributed by atoms with Gasteiger partial charge < -0.3 is 10.2 Å². The Morgan fingerprint density at radius 1 is 0.966 bits per heavy atom. The van der Waals surface area contributed by atoms with Crippen LogP contribution in [0.15, 0.2) is 48.5 Å². The molecule has 2 aromatic carbocycles. The minimum atomic E-state index is -0.199. The van der Waals surface area contributed by atoms with Crippen LogP contribution in [-0.4, -0.2) is 50.1 Å². The quantitative estimate of drug-likeness (QED) is 0.741. The second kappa shape index (κ2) is 10.4. The summed E-state index contributed by atoms with van der Waals surface area (Å²) in [5.74, 6) is 0.517. The number of nitrogens with one attached hydrogen (secondary N) is 1. The minimum absolute atomic E-state index is 0.0755. The smallest absolute Gasteiger partial charge is 0.224 e. The van der Waals surface area contributed by atoms with Gasteiger partial charge in [-0.3, -0.25) is 9.69 Å². The van der Waals surface area contributed by atoms with E-state index in [4.69, 9.17) is 0 Å². The number of nitrogens with zero attached hydrogens (tertiary/aromatic N) is 2. The maximum Gasteiger partial charge on any atom is 0.224 e. The third-order valence-corrected chi connectivity index (χ3v) is 5.35. The molecule has 0 aromatic heterocycles. The van der Waals surface area contributed by atoms with E-state index < -0.39 is 0 Å². The lowest BCUT2D eigenvalue weighted by molar-refractivity contribution is -0.120. The van der Waals surface area contributed by atoms with Gasteiger partial charge in [0.2, 0.25) is 5.91 Å². The average molecular weight is 398 g/mol. The molecule has 156 valence electrons. The Balaban J connectivity index is 1.34. The van der Waals surface area contributed by atoms with Gasteiger partial charge in [-0.25, -0.2) is 4.39 Å². The van der Waals surface area contributed by atoms with Crippen LogP contribution in [-0.2, 0) is 17.6 Å². The maximum atomic E-state index is 13.1. The second-order valence-corrected chi connectivity index (χ2v) is 8.25. The molecule has 1 aliphatic rings. The SMILES string of the molecule is CC(C)Cc1ccc(CC(=O)NCCN2CCN(c3ccc(F)cc3)CC2)cc1. The van der Waals surface area contributed by atoms with Gasteiger partial charge in [-0.1, -0.05) is 38.1 Å². The first-order chi connectivity index (χ1) is 14.0. The van der Waals surface area contributed by atoms with Crippen LogP contribution in [0.5, 0.6) is 0 Å². The molecule has 0 bridgehead atoms. The summed E-state index contributed by atoms with van der Waals surface area (Å²) in [7, 11) is 0. The predicted octanol–water partition coefficient (Wildman–Crippen LogP) is 3.51. The molecule has 1 heterocycles. The zero-order valence-corrected chi connectivity index (χ0v) is 17.5. The van der Waals surface area contributed by atoms with Gasteiger partial charge in [-0.15, -0.1) is 0 Å². The van der Waals surface area contributed by atoms with Gasteiger partial charge in [0.05, 0.1) is 6.42 Å². The number of rotatable bonds is 8. The van der Waals surface area contributed by atoms with Crippen molar-refractivity contribution in [2.75, 3.05) is 44.2 Å². The van der Waals surface area contributed by atoms with Crippen molar-refractivity contribution in [1.82, 2.24) is 10.2 Å². The van der Waals surface area contributed by atoms with Crippen molar-refractivity contribution in [3.63, 3.8) is 0 Å². The van der Waals surface area contributed by atoms with Crippen LogP contribution in [0.2, 0.25) is 0 Å². The van der Waals surface area contributed by atoms with Gasteiger partial charge in [-0.2, -0.15) is 0 Å². The number of benzene rings is 2. The molecule has 1 aliphatic heterocycles. The zero-order valence-electron chi connectivity index (χ0n) is 17.5. The lowest BCUT2D eigenvalue weighted by atomic mass is 10.0. The molecule has 0 atom stereocenters.